The van der Waals surface area contributed by atoms with Crippen molar-refractivity contribution >= 4 is 56.0 Å². The number of ether oxygens (including phenoxy) is 1. The highest BCUT2D eigenvalue weighted by Gasteiger charge is 2.22. The third-order valence-electron chi connectivity index (χ3n) is 4.77. The standard InChI is InChI=1S/C21H23N5O2S3/c1-13-16-18(22-7-5-8-28-3)23-12-24-20(16)31-17(13)21(27)26(2)10-14-11-30-19(25-14)15-6-4-9-29-15/h4,6,9,11-12H,5,7-8,10H2,1-3H3,(H,22,23,24). The van der Waals surface area contributed by atoms with Gasteiger partial charge in [0.15, 0.2) is 0 Å². The molecule has 0 radical (unpaired) electrons. The first-order valence-corrected chi connectivity index (χ1v) is 12.4. The number of hydrogen-bond acceptors (Lipinski definition) is 9. The van der Waals surface area contributed by atoms with E-state index >= 15 is 0 Å². The van der Waals surface area contributed by atoms with Gasteiger partial charge in [0.1, 0.15) is 22.0 Å². The van der Waals surface area contributed by atoms with Crippen molar-refractivity contribution < 1.29 is 9.53 Å². The molecule has 0 bridgehead atoms. The molecule has 0 fully saturated rings. The van der Waals surface area contributed by atoms with Gasteiger partial charge < -0.3 is 15.0 Å². The van der Waals surface area contributed by atoms with Crippen LogP contribution in [0.15, 0.2) is 29.2 Å². The number of hydrogen-bond donors (Lipinski definition) is 1. The number of thiazole rings is 1. The molecule has 0 unspecified atom stereocenters. The number of anilines is 1. The van der Waals surface area contributed by atoms with Gasteiger partial charge in [0.05, 0.1) is 27.4 Å². The van der Waals surface area contributed by atoms with Gasteiger partial charge in [0.25, 0.3) is 5.91 Å². The van der Waals surface area contributed by atoms with Crippen LogP contribution in [0.5, 0.6) is 0 Å². The van der Waals surface area contributed by atoms with Gasteiger partial charge in [-0.3, -0.25) is 4.79 Å². The summed E-state index contributed by atoms with van der Waals surface area (Å²) in [7, 11) is 3.50. The maximum Gasteiger partial charge on any atom is 0.264 e. The second-order valence-corrected chi connectivity index (χ2v) is 9.82. The lowest BCUT2D eigenvalue weighted by Crippen LogP contribution is -2.26. The molecule has 4 aromatic rings. The van der Waals surface area contributed by atoms with Crippen molar-refractivity contribution in [2.75, 3.05) is 32.6 Å². The normalized spacial score (nSPS) is 11.2. The van der Waals surface area contributed by atoms with Crippen LogP contribution in [0.25, 0.3) is 20.1 Å². The third-order valence-corrected chi connectivity index (χ3v) is 7.89. The molecule has 0 atom stereocenters. The molecule has 0 aliphatic carbocycles. The number of nitrogens with one attached hydrogen (secondary N) is 1. The summed E-state index contributed by atoms with van der Waals surface area (Å²) in [5, 5.41) is 9.30. The smallest absolute Gasteiger partial charge is 0.264 e. The Morgan fingerprint density at radius 3 is 2.94 bits per heavy atom. The molecule has 162 valence electrons. The molecule has 31 heavy (non-hydrogen) atoms. The zero-order chi connectivity index (χ0) is 21.8. The minimum absolute atomic E-state index is 0.0310. The molecule has 4 heterocycles. The van der Waals surface area contributed by atoms with Crippen LogP contribution in [-0.2, 0) is 11.3 Å². The van der Waals surface area contributed by atoms with Crippen LogP contribution in [0.2, 0.25) is 0 Å². The highest BCUT2D eigenvalue weighted by atomic mass is 32.1. The van der Waals surface area contributed by atoms with Gasteiger partial charge in [-0.2, -0.15) is 0 Å². The molecule has 4 aromatic heterocycles. The second kappa shape index (κ2) is 9.82. The lowest BCUT2D eigenvalue weighted by Gasteiger charge is -2.15. The fourth-order valence-electron chi connectivity index (χ4n) is 3.21. The number of rotatable bonds is 9. The van der Waals surface area contributed by atoms with E-state index in [1.54, 1.807) is 34.7 Å². The monoisotopic (exact) mass is 473 g/mol. The predicted octanol–water partition coefficient (Wildman–Crippen LogP) is 4.91. The third kappa shape index (κ3) is 4.77. The van der Waals surface area contributed by atoms with Crippen molar-refractivity contribution in [1.29, 1.82) is 0 Å². The fraction of sp³-hybridized carbons (Fsp3) is 0.333. The van der Waals surface area contributed by atoms with E-state index < -0.39 is 0 Å². The number of carbonyl (C=O) groups excluding carboxylic acids is 1. The summed E-state index contributed by atoms with van der Waals surface area (Å²) in [5.41, 5.74) is 1.80. The molecule has 0 saturated carbocycles. The minimum atomic E-state index is -0.0310. The Morgan fingerprint density at radius 1 is 1.29 bits per heavy atom. The molecule has 7 nitrogen and oxygen atoms in total. The van der Waals surface area contributed by atoms with Crippen molar-refractivity contribution in [1.82, 2.24) is 19.9 Å². The first kappa shape index (κ1) is 21.8. The molecule has 4 rings (SSSR count). The van der Waals surface area contributed by atoms with Gasteiger partial charge in [-0.1, -0.05) is 6.07 Å². The summed E-state index contributed by atoms with van der Waals surface area (Å²) in [5.74, 6) is 0.730. The van der Waals surface area contributed by atoms with Crippen molar-refractivity contribution in [3.05, 3.63) is 45.4 Å². The van der Waals surface area contributed by atoms with E-state index in [2.05, 4.69) is 21.4 Å². The predicted molar refractivity (Wildman–Crippen MR) is 128 cm³/mol. The number of amides is 1. The average Bonchev–Trinajstić information content (AvgIpc) is 3.51. The summed E-state index contributed by atoms with van der Waals surface area (Å²) >= 11 is 4.68. The molecule has 10 heteroatoms. The maximum absolute atomic E-state index is 13.2. The van der Waals surface area contributed by atoms with Gasteiger partial charge in [0.2, 0.25) is 0 Å². The van der Waals surface area contributed by atoms with Gasteiger partial charge in [-0.05, 0) is 30.4 Å². The number of aromatic nitrogens is 3. The molecule has 0 aromatic carbocycles. The molecule has 1 N–H and O–H groups in total. The van der Waals surface area contributed by atoms with Crippen molar-refractivity contribution in [3.63, 3.8) is 0 Å². The molecule has 0 aliphatic rings. The second-order valence-electron chi connectivity index (χ2n) is 7.01. The van der Waals surface area contributed by atoms with E-state index in [0.29, 0.717) is 18.0 Å². The lowest BCUT2D eigenvalue weighted by atomic mass is 10.2. The van der Waals surface area contributed by atoms with E-state index in [1.165, 1.54) is 17.7 Å². The first-order chi connectivity index (χ1) is 15.1. The summed E-state index contributed by atoms with van der Waals surface area (Å²) in [4.78, 5) is 31.0. The Balaban J connectivity index is 1.51. The SMILES string of the molecule is COCCCNc1ncnc2sc(C(=O)N(C)Cc3csc(-c4cccs4)n3)c(C)c12. The van der Waals surface area contributed by atoms with E-state index in [1.807, 2.05) is 30.8 Å². The van der Waals surface area contributed by atoms with Crippen LogP contribution < -0.4 is 5.32 Å². The minimum Gasteiger partial charge on any atom is -0.385 e. The van der Waals surface area contributed by atoms with Crippen molar-refractivity contribution in [2.45, 2.75) is 19.9 Å². The van der Waals surface area contributed by atoms with E-state index in [9.17, 15) is 4.79 Å². The van der Waals surface area contributed by atoms with Gasteiger partial charge in [-0.15, -0.1) is 34.0 Å². The average molecular weight is 474 g/mol. The van der Waals surface area contributed by atoms with E-state index in [4.69, 9.17) is 9.72 Å². The molecular formula is C21H23N5O2S3. The highest BCUT2D eigenvalue weighted by Crippen LogP contribution is 2.34. The summed E-state index contributed by atoms with van der Waals surface area (Å²) < 4.78 is 5.10. The Bertz CT molecular complexity index is 1170. The van der Waals surface area contributed by atoms with Crippen LogP contribution >= 0.6 is 34.0 Å². The quantitative estimate of drug-likeness (QED) is 0.348. The number of carbonyl (C=O) groups is 1. The summed E-state index contributed by atoms with van der Waals surface area (Å²) in [6.45, 7) is 3.85. The topological polar surface area (TPSA) is 80.2 Å². The maximum atomic E-state index is 13.2. The number of methoxy groups -OCH3 is 1. The fourth-order valence-corrected chi connectivity index (χ4v) is 5.98. The van der Waals surface area contributed by atoms with Crippen LogP contribution in [0.3, 0.4) is 0 Å². The molecule has 0 saturated heterocycles. The van der Waals surface area contributed by atoms with Crippen LogP contribution in [0.1, 0.15) is 27.3 Å². The van der Waals surface area contributed by atoms with Gasteiger partial charge in [-0.25, -0.2) is 15.0 Å². The van der Waals surface area contributed by atoms with Crippen LogP contribution in [0.4, 0.5) is 5.82 Å². The van der Waals surface area contributed by atoms with Crippen LogP contribution in [0, 0.1) is 6.92 Å². The highest BCUT2D eigenvalue weighted by molar-refractivity contribution is 7.21. The van der Waals surface area contributed by atoms with Crippen LogP contribution in [-0.4, -0.2) is 53.1 Å². The largest absolute Gasteiger partial charge is 0.385 e. The zero-order valence-electron chi connectivity index (χ0n) is 17.5. The number of nitrogens with zero attached hydrogens (tertiary/aromatic N) is 4. The van der Waals surface area contributed by atoms with Crippen molar-refractivity contribution in [2.24, 2.45) is 0 Å². The Labute approximate surface area is 192 Å². The zero-order valence-corrected chi connectivity index (χ0v) is 20.0. The Kier molecular flexibility index (Phi) is 6.91. The van der Waals surface area contributed by atoms with E-state index in [0.717, 1.165) is 50.1 Å². The Hall–Kier alpha value is -2.40. The molecular weight excluding hydrogens is 450 g/mol. The Morgan fingerprint density at radius 2 is 2.16 bits per heavy atom. The first-order valence-electron chi connectivity index (χ1n) is 9.79. The lowest BCUT2D eigenvalue weighted by molar-refractivity contribution is 0.0788. The number of fused-ring (bicyclic) bond motifs is 1. The summed E-state index contributed by atoms with van der Waals surface area (Å²) in [6, 6.07) is 4.08. The molecule has 1 amide bonds. The van der Waals surface area contributed by atoms with Crippen molar-refractivity contribution in [3.8, 4) is 9.88 Å². The molecule has 0 spiro atoms. The van der Waals surface area contributed by atoms with Gasteiger partial charge in [0, 0.05) is 32.7 Å². The number of aryl methyl sites for hydroxylation is 1. The van der Waals surface area contributed by atoms with Gasteiger partial charge >= 0.3 is 0 Å². The summed E-state index contributed by atoms with van der Waals surface area (Å²) in [6.07, 6.45) is 2.41. The van der Waals surface area contributed by atoms with E-state index in [-0.39, 0.29) is 5.91 Å². The number of thiophene rings is 2. The molecule has 0 aliphatic heterocycles.